The minimum atomic E-state index is -0.0433. The highest BCUT2D eigenvalue weighted by Gasteiger charge is 2.24. The molecule has 2 aromatic rings. The van der Waals surface area contributed by atoms with Crippen LogP contribution in [0.15, 0.2) is 24.7 Å². The Hall–Kier alpha value is -2.44. The highest BCUT2D eigenvalue weighted by Crippen LogP contribution is 2.28. The van der Waals surface area contributed by atoms with Crippen molar-refractivity contribution in [3.8, 4) is 0 Å². The maximum atomic E-state index is 12.1. The highest BCUT2D eigenvalue weighted by molar-refractivity contribution is 5.76. The Labute approximate surface area is 129 Å². The van der Waals surface area contributed by atoms with E-state index in [-0.39, 0.29) is 18.5 Å². The van der Waals surface area contributed by atoms with Gasteiger partial charge >= 0.3 is 0 Å². The number of anilines is 1. The van der Waals surface area contributed by atoms with Crippen molar-refractivity contribution < 1.29 is 4.79 Å². The van der Waals surface area contributed by atoms with Gasteiger partial charge in [-0.25, -0.2) is 9.97 Å². The number of carbonyl (C=O) groups excluding carboxylic acids is 1. The van der Waals surface area contributed by atoms with Gasteiger partial charge in [-0.3, -0.25) is 9.48 Å². The van der Waals surface area contributed by atoms with E-state index in [0.29, 0.717) is 5.95 Å². The van der Waals surface area contributed by atoms with Gasteiger partial charge in [0.15, 0.2) is 0 Å². The molecule has 0 spiro atoms. The van der Waals surface area contributed by atoms with Gasteiger partial charge in [-0.2, -0.15) is 5.10 Å². The molecule has 1 aliphatic rings. The quantitative estimate of drug-likeness (QED) is 0.909. The van der Waals surface area contributed by atoms with Crippen LogP contribution in [-0.4, -0.2) is 39.8 Å². The second-order valence-electron chi connectivity index (χ2n) is 5.68. The van der Waals surface area contributed by atoms with Gasteiger partial charge in [0.05, 0.1) is 11.7 Å². The minimum Gasteiger partial charge on any atom is -0.348 e. The summed E-state index contributed by atoms with van der Waals surface area (Å²) in [6.07, 6.45) is 8.16. The van der Waals surface area contributed by atoms with Crippen molar-refractivity contribution in [2.24, 2.45) is 0 Å². The maximum Gasteiger partial charge on any atom is 0.242 e. The second-order valence-corrected chi connectivity index (χ2v) is 5.68. The molecule has 0 radical (unpaired) electrons. The van der Waals surface area contributed by atoms with Crippen molar-refractivity contribution >= 4 is 11.9 Å². The number of carbonyl (C=O) groups is 1. The molecule has 3 rings (SSSR count). The fourth-order valence-electron chi connectivity index (χ4n) is 2.68. The largest absolute Gasteiger partial charge is 0.348 e. The molecule has 0 saturated heterocycles. The van der Waals surface area contributed by atoms with Gasteiger partial charge in [0.25, 0.3) is 0 Å². The van der Waals surface area contributed by atoms with E-state index in [1.54, 1.807) is 23.1 Å². The monoisotopic (exact) mass is 300 g/mol. The summed E-state index contributed by atoms with van der Waals surface area (Å²) in [6.45, 7) is 0.232. The van der Waals surface area contributed by atoms with Gasteiger partial charge in [-0.1, -0.05) is 0 Å². The van der Waals surface area contributed by atoms with Gasteiger partial charge in [0, 0.05) is 38.2 Å². The van der Waals surface area contributed by atoms with Gasteiger partial charge in [-0.15, -0.1) is 0 Å². The number of hydrogen-bond acceptors (Lipinski definition) is 5. The average molecular weight is 300 g/mol. The molecule has 2 heterocycles. The normalized spacial score (nSPS) is 16.9. The van der Waals surface area contributed by atoms with E-state index >= 15 is 0 Å². The molecule has 1 aliphatic carbocycles. The molecule has 0 aliphatic heterocycles. The number of amides is 1. The summed E-state index contributed by atoms with van der Waals surface area (Å²) in [6, 6.07) is 1.79. The molecule has 0 bridgehead atoms. The van der Waals surface area contributed by atoms with E-state index in [2.05, 4.69) is 20.4 Å². The Morgan fingerprint density at radius 1 is 1.50 bits per heavy atom. The Balaban J connectivity index is 1.72. The molecule has 7 heteroatoms. The number of nitrogens with zero attached hydrogens (tertiary/aromatic N) is 5. The van der Waals surface area contributed by atoms with Crippen LogP contribution in [0.2, 0.25) is 0 Å². The summed E-state index contributed by atoms with van der Waals surface area (Å²) in [4.78, 5) is 23.0. The van der Waals surface area contributed by atoms with Crippen LogP contribution in [-0.2, 0) is 17.8 Å². The summed E-state index contributed by atoms with van der Waals surface area (Å²) in [5.74, 6) is 0.667. The lowest BCUT2D eigenvalue weighted by Gasteiger charge is -2.26. The molecule has 1 N–H and O–H groups in total. The Morgan fingerprint density at radius 3 is 3.09 bits per heavy atom. The number of rotatable bonds is 4. The van der Waals surface area contributed by atoms with Gasteiger partial charge < -0.3 is 10.2 Å². The van der Waals surface area contributed by atoms with Crippen LogP contribution in [0.5, 0.6) is 0 Å². The molecule has 2 aromatic heterocycles. The smallest absolute Gasteiger partial charge is 0.242 e. The molecular formula is C15H20N6O. The van der Waals surface area contributed by atoms with Crippen LogP contribution in [0.3, 0.4) is 0 Å². The SMILES string of the molecule is CN(C)c1ncc2c(n1)CCC[C@@H]2NC(=O)Cn1cccn1. The zero-order valence-corrected chi connectivity index (χ0v) is 12.9. The molecule has 116 valence electrons. The minimum absolute atomic E-state index is 0.0111. The van der Waals surface area contributed by atoms with Crippen molar-refractivity contribution in [1.82, 2.24) is 25.1 Å². The molecule has 1 atom stereocenters. The average Bonchev–Trinajstić information content (AvgIpc) is 2.99. The Kier molecular flexibility index (Phi) is 4.04. The predicted molar refractivity (Wildman–Crippen MR) is 82.4 cm³/mol. The van der Waals surface area contributed by atoms with Crippen molar-refractivity contribution in [2.45, 2.75) is 31.8 Å². The fraction of sp³-hybridized carbons (Fsp3) is 0.467. The van der Waals surface area contributed by atoms with Gasteiger partial charge in [-0.05, 0) is 25.3 Å². The van der Waals surface area contributed by atoms with Crippen molar-refractivity contribution in [1.29, 1.82) is 0 Å². The zero-order valence-electron chi connectivity index (χ0n) is 12.9. The van der Waals surface area contributed by atoms with Crippen molar-refractivity contribution in [3.05, 3.63) is 35.9 Å². The standard InChI is InChI=1S/C15H20N6O/c1-20(2)15-16-9-11-12(5-3-6-13(11)19-15)18-14(22)10-21-8-4-7-17-21/h4,7-9,12H,3,5-6,10H2,1-2H3,(H,18,22)/t12-/m0/s1. The molecule has 7 nitrogen and oxygen atoms in total. The fourth-order valence-corrected chi connectivity index (χ4v) is 2.68. The molecular weight excluding hydrogens is 280 g/mol. The zero-order chi connectivity index (χ0) is 15.5. The number of aromatic nitrogens is 4. The second kappa shape index (κ2) is 6.13. The lowest BCUT2D eigenvalue weighted by molar-refractivity contribution is -0.122. The first-order chi connectivity index (χ1) is 10.6. The van der Waals surface area contributed by atoms with E-state index in [4.69, 9.17) is 0 Å². The van der Waals surface area contributed by atoms with Crippen LogP contribution >= 0.6 is 0 Å². The molecule has 22 heavy (non-hydrogen) atoms. The van der Waals surface area contributed by atoms with E-state index in [1.807, 2.05) is 25.2 Å². The van der Waals surface area contributed by atoms with Crippen LogP contribution in [0.4, 0.5) is 5.95 Å². The summed E-state index contributed by atoms with van der Waals surface area (Å²) < 4.78 is 1.62. The lowest BCUT2D eigenvalue weighted by Crippen LogP contribution is -2.34. The number of aryl methyl sites for hydroxylation is 1. The highest BCUT2D eigenvalue weighted by atomic mass is 16.2. The van der Waals surface area contributed by atoms with Crippen molar-refractivity contribution in [3.63, 3.8) is 0 Å². The summed E-state index contributed by atoms with van der Waals surface area (Å²) in [7, 11) is 3.85. The first-order valence-corrected chi connectivity index (χ1v) is 7.43. The lowest BCUT2D eigenvalue weighted by atomic mass is 9.92. The first kappa shape index (κ1) is 14.5. The topological polar surface area (TPSA) is 75.9 Å². The predicted octanol–water partition coefficient (Wildman–Crippen LogP) is 0.933. The number of fused-ring (bicyclic) bond motifs is 1. The maximum absolute atomic E-state index is 12.1. The van der Waals surface area contributed by atoms with E-state index in [1.165, 1.54) is 0 Å². The third kappa shape index (κ3) is 3.08. The van der Waals surface area contributed by atoms with Gasteiger partial charge in [0.1, 0.15) is 6.54 Å². The van der Waals surface area contributed by atoms with E-state index < -0.39 is 0 Å². The molecule has 0 unspecified atom stereocenters. The van der Waals surface area contributed by atoms with E-state index in [9.17, 15) is 4.79 Å². The molecule has 0 aromatic carbocycles. The van der Waals surface area contributed by atoms with E-state index in [0.717, 1.165) is 30.5 Å². The van der Waals surface area contributed by atoms with Crippen LogP contribution in [0, 0.1) is 0 Å². The Bertz CT molecular complexity index is 652. The third-order valence-electron chi connectivity index (χ3n) is 3.77. The van der Waals surface area contributed by atoms with Gasteiger partial charge in [0.2, 0.25) is 11.9 Å². The van der Waals surface area contributed by atoms with Crippen LogP contribution in [0.25, 0.3) is 0 Å². The van der Waals surface area contributed by atoms with Crippen LogP contribution < -0.4 is 10.2 Å². The molecule has 0 saturated carbocycles. The molecule has 0 fully saturated rings. The third-order valence-corrected chi connectivity index (χ3v) is 3.77. The summed E-state index contributed by atoms with van der Waals surface area (Å²) >= 11 is 0. The van der Waals surface area contributed by atoms with Crippen LogP contribution in [0.1, 0.15) is 30.1 Å². The summed E-state index contributed by atoms with van der Waals surface area (Å²) in [5.41, 5.74) is 2.07. The van der Waals surface area contributed by atoms with Crippen molar-refractivity contribution in [2.75, 3.05) is 19.0 Å². The summed E-state index contributed by atoms with van der Waals surface area (Å²) in [5, 5.41) is 7.12. The molecule has 1 amide bonds. The first-order valence-electron chi connectivity index (χ1n) is 7.43. The number of hydrogen-bond donors (Lipinski definition) is 1. The number of nitrogens with one attached hydrogen (secondary N) is 1. The Morgan fingerprint density at radius 2 is 2.36 bits per heavy atom.